The van der Waals surface area contributed by atoms with Gasteiger partial charge in [-0.1, -0.05) is 6.08 Å². The largest absolute Gasteiger partial charge is 0.502 e. The summed E-state index contributed by atoms with van der Waals surface area (Å²) in [6.45, 7) is -4.97. The van der Waals surface area contributed by atoms with Gasteiger partial charge >= 0.3 is 6.98 Å². The van der Waals surface area contributed by atoms with E-state index < -0.39 is 12.9 Å². The predicted octanol–water partition coefficient (Wildman–Crippen LogP) is 1.58. The number of primary amides is 1. The van der Waals surface area contributed by atoms with E-state index in [2.05, 4.69) is 4.98 Å². The van der Waals surface area contributed by atoms with Crippen LogP contribution in [0.5, 0.6) is 0 Å². The van der Waals surface area contributed by atoms with E-state index in [1.165, 1.54) is 18.3 Å². The number of pyridine rings is 1. The fourth-order valence-corrected chi connectivity index (χ4v) is 0.906. The highest BCUT2D eigenvalue weighted by atomic mass is 19.4. The Morgan fingerprint density at radius 3 is 2.67 bits per heavy atom. The van der Waals surface area contributed by atoms with Gasteiger partial charge in [0.05, 0.1) is 0 Å². The molecule has 0 saturated heterocycles. The molecule has 7 heteroatoms. The normalized spacial score (nSPS) is 11.9. The monoisotopic (exact) mass is 215 g/mol. The van der Waals surface area contributed by atoms with E-state index >= 15 is 0 Å². The second-order valence-electron chi connectivity index (χ2n) is 2.82. The summed E-state index contributed by atoms with van der Waals surface area (Å²) in [6.07, 6.45) is 2.09. The Bertz CT molecular complexity index is 403. The number of nitrogens with two attached hydrogens (primary N) is 1. The van der Waals surface area contributed by atoms with Crippen LogP contribution in [0.2, 0.25) is 0 Å². The van der Waals surface area contributed by atoms with Crippen molar-refractivity contribution in [2.24, 2.45) is 5.73 Å². The van der Waals surface area contributed by atoms with Crippen molar-refractivity contribution >= 4 is 19.0 Å². The zero-order valence-electron chi connectivity index (χ0n) is 7.53. The molecule has 0 aliphatic heterocycles. The minimum atomic E-state index is -4.97. The molecule has 0 bridgehead atoms. The van der Waals surface area contributed by atoms with Crippen LogP contribution in [0.1, 0.15) is 16.1 Å². The summed E-state index contributed by atoms with van der Waals surface area (Å²) in [7, 11) is 0. The predicted molar refractivity (Wildman–Crippen MR) is 50.9 cm³/mol. The third kappa shape index (κ3) is 3.84. The molecule has 15 heavy (non-hydrogen) atoms. The van der Waals surface area contributed by atoms with Crippen LogP contribution in [0.4, 0.5) is 12.9 Å². The highest BCUT2D eigenvalue weighted by molar-refractivity contribution is 6.64. The molecule has 2 N–H and O–H groups in total. The van der Waals surface area contributed by atoms with Crippen LogP contribution in [0.15, 0.2) is 24.3 Å². The second-order valence-corrected chi connectivity index (χ2v) is 2.82. The Hall–Kier alpha value is -1.79. The van der Waals surface area contributed by atoms with Gasteiger partial charge in [0.2, 0.25) is 0 Å². The molecule has 1 aromatic heterocycles. The molecule has 0 unspecified atom stereocenters. The number of halogens is 3. The number of nitrogens with zero attached hydrogens (tertiary/aromatic N) is 1. The highest BCUT2D eigenvalue weighted by Gasteiger charge is 2.17. The third-order valence-electron chi connectivity index (χ3n) is 1.54. The SMILES string of the molecule is NC(=O)c1cc(/C=C/[B-](F)(F)F)ccn1. The Balaban J connectivity index is 2.92. The van der Waals surface area contributed by atoms with Crippen molar-refractivity contribution in [3.63, 3.8) is 0 Å². The first kappa shape index (κ1) is 11.3. The van der Waals surface area contributed by atoms with Crippen LogP contribution in [0.25, 0.3) is 6.08 Å². The van der Waals surface area contributed by atoms with Gasteiger partial charge < -0.3 is 18.7 Å². The van der Waals surface area contributed by atoms with Crippen molar-refractivity contribution in [3.8, 4) is 0 Å². The Morgan fingerprint density at radius 1 is 1.47 bits per heavy atom. The van der Waals surface area contributed by atoms with Crippen LogP contribution in [0.3, 0.4) is 0 Å². The standard InChI is InChI=1S/C8H7BF3N2O/c10-9(11,12)3-1-6-2-4-14-7(5-6)8(13)15/h1-5H,(H2,13,15)/q-1/b3-1+. The first-order chi connectivity index (χ1) is 6.88. The lowest BCUT2D eigenvalue weighted by atomic mass is 9.91. The molecule has 0 fully saturated rings. The molecule has 1 rings (SSSR count). The van der Waals surface area contributed by atoms with Gasteiger partial charge in [0, 0.05) is 6.20 Å². The maximum atomic E-state index is 11.9. The van der Waals surface area contributed by atoms with Gasteiger partial charge in [-0.05, 0) is 17.7 Å². The maximum Gasteiger partial charge on any atom is 0.502 e. The van der Waals surface area contributed by atoms with E-state index in [0.29, 0.717) is 0 Å². The van der Waals surface area contributed by atoms with Gasteiger partial charge in [-0.25, -0.2) is 0 Å². The molecule has 0 aliphatic rings. The molecule has 0 spiro atoms. The number of carbonyl (C=O) groups is 1. The summed E-state index contributed by atoms with van der Waals surface area (Å²) in [6, 6.07) is 2.55. The summed E-state index contributed by atoms with van der Waals surface area (Å²) in [5.41, 5.74) is 5.09. The van der Waals surface area contributed by atoms with E-state index in [0.717, 1.165) is 6.08 Å². The molecule has 3 nitrogen and oxygen atoms in total. The molecule has 0 aromatic carbocycles. The molecule has 0 atom stereocenters. The lowest BCUT2D eigenvalue weighted by Crippen LogP contribution is -2.13. The molecule has 0 radical (unpaired) electrons. The lowest BCUT2D eigenvalue weighted by molar-refractivity contribution is 0.0995. The van der Waals surface area contributed by atoms with Crippen molar-refractivity contribution < 1.29 is 17.7 Å². The molecule has 0 saturated carbocycles. The van der Waals surface area contributed by atoms with Crippen LogP contribution < -0.4 is 5.73 Å². The molecule has 1 heterocycles. The molecule has 1 aromatic rings. The summed E-state index contributed by atoms with van der Waals surface area (Å²) in [5.74, 6) is -0.636. The minimum absolute atomic E-state index is 0.0631. The number of hydrogen-bond acceptors (Lipinski definition) is 2. The van der Waals surface area contributed by atoms with Crippen molar-refractivity contribution in [3.05, 3.63) is 35.6 Å². The summed E-state index contributed by atoms with van der Waals surface area (Å²) in [4.78, 5) is 14.3. The Kier molecular flexibility index (Phi) is 3.13. The quantitative estimate of drug-likeness (QED) is 0.778. The summed E-state index contributed by atoms with van der Waals surface area (Å²) in [5, 5.41) is 0. The van der Waals surface area contributed by atoms with E-state index in [1.807, 2.05) is 0 Å². The molecular formula is C8H7BF3N2O-. The first-order valence-electron chi connectivity index (χ1n) is 4.03. The zero-order chi connectivity index (χ0) is 11.5. The van der Waals surface area contributed by atoms with Gasteiger partial charge in [0.15, 0.2) is 0 Å². The smallest absolute Gasteiger partial charge is 0.445 e. The number of aromatic nitrogens is 1. The number of carbonyl (C=O) groups excluding carboxylic acids is 1. The number of amides is 1. The van der Waals surface area contributed by atoms with E-state index in [1.54, 1.807) is 0 Å². The molecule has 0 aliphatic carbocycles. The average Bonchev–Trinajstić information content (AvgIpc) is 2.14. The van der Waals surface area contributed by atoms with Gasteiger partial charge in [-0.15, -0.1) is 5.98 Å². The van der Waals surface area contributed by atoms with Crippen molar-refractivity contribution in [2.45, 2.75) is 0 Å². The average molecular weight is 215 g/mol. The molecule has 80 valence electrons. The van der Waals surface area contributed by atoms with Crippen molar-refractivity contribution in [1.82, 2.24) is 4.98 Å². The van der Waals surface area contributed by atoms with Gasteiger partial charge in [0.25, 0.3) is 5.91 Å². The van der Waals surface area contributed by atoms with E-state index in [4.69, 9.17) is 5.73 Å². The highest BCUT2D eigenvalue weighted by Crippen LogP contribution is 2.12. The Morgan fingerprint density at radius 2 is 2.13 bits per heavy atom. The van der Waals surface area contributed by atoms with Gasteiger partial charge in [-0.3, -0.25) is 9.78 Å². The Labute approximate surface area is 83.9 Å². The lowest BCUT2D eigenvalue weighted by Gasteiger charge is -2.06. The fraction of sp³-hybridized carbons (Fsp3) is 0. The zero-order valence-corrected chi connectivity index (χ0v) is 7.53. The topological polar surface area (TPSA) is 56.0 Å². The van der Waals surface area contributed by atoms with E-state index in [-0.39, 0.29) is 17.2 Å². The fourth-order valence-electron chi connectivity index (χ4n) is 0.906. The number of rotatable bonds is 3. The third-order valence-corrected chi connectivity index (χ3v) is 1.54. The molecular weight excluding hydrogens is 208 g/mol. The summed E-state index contributed by atoms with van der Waals surface area (Å²) < 4.78 is 35.6. The van der Waals surface area contributed by atoms with E-state index in [9.17, 15) is 17.7 Å². The minimum Gasteiger partial charge on any atom is -0.445 e. The van der Waals surface area contributed by atoms with Crippen molar-refractivity contribution in [2.75, 3.05) is 0 Å². The van der Waals surface area contributed by atoms with Crippen molar-refractivity contribution in [1.29, 1.82) is 0 Å². The van der Waals surface area contributed by atoms with Crippen LogP contribution in [-0.2, 0) is 0 Å². The van der Waals surface area contributed by atoms with Crippen LogP contribution >= 0.6 is 0 Å². The molecule has 1 amide bonds. The van der Waals surface area contributed by atoms with Gasteiger partial charge in [0.1, 0.15) is 5.69 Å². The maximum absolute atomic E-state index is 11.9. The van der Waals surface area contributed by atoms with Gasteiger partial charge in [-0.2, -0.15) is 0 Å². The van der Waals surface area contributed by atoms with Crippen LogP contribution in [-0.4, -0.2) is 17.9 Å². The first-order valence-corrected chi connectivity index (χ1v) is 4.03. The van der Waals surface area contributed by atoms with Crippen LogP contribution in [0, 0.1) is 0 Å². The summed E-state index contributed by atoms with van der Waals surface area (Å²) >= 11 is 0. The second kappa shape index (κ2) is 4.16. The number of hydrogen-bond donors (Lipinski definition) is 1.